The molecule has 0 aromatic carbocycles. The Bertz CT molecular complexity index is 183. The van der Waals surface area contributed by atoms with Gasteiger partial charge in [0.1, 0.15) is 0 Å². The van der Waals surface area contributed by atoms with Crippen LogP contribution < -0.4 is 51.4 Å². The van der Waals surface area contributed by atoms with Gasteiger partial charge in [0.25, 0.3) is 0 Å². The molecule has 0 aliphatic carbocycles. The number of halogens is 6. The summed E-state index contributed by atoms with van der Waals surface area (Å²) in [6.45, 7) is 0. The summed E-state index contributed by atoms with van der Waals surface area (Å²) in [6, 6.07) is 0. The van der Waals surface area contributed by atoms with Crippen molar-refractivity contribution in [3.05, 3.63) is 6.43 Å². The topological polar surface area (TPSA) is 0 Å². The van der Waals surface area contributed by atoms with Gasteiger partial charge in [-0.15, -0.1) is 0 Å². The summed E-state index contributed by atoms with van der Waals surface area (Å²) in [5, 5.41) is 0. The Balaban J connectivity index is 0. The van der Waals surface area contributed by atoms with Crippen LogP contribution >= 0.6 is 0 Å². The Labute approximate surface area is 146 Å². The van der Waals surface area contributed by atoms with Gasteiger partial charge in [0.15, 0.2) is 0 Å². The minimum Gasteiger partial charge on any atom is -0.418 e. The van der Waals surface area contributed by atoms with Gasteiger partial charge in [-0.2, -0.15) is 13.2 Å². The van der Waals surface area contributed by atoms with Crippen molar-refractivity contribution in [2.24, 2.45) is 0 Å². The van der Waals surface area contributed by atoms with Crippen molar-refractivity contribution in [3.8, 4) is 0 Å². The fraction of sp³-hybridized carbons (Fsp3) is 0.909. The average molecular weight is 302 g/mol. The van der Waals surface area contributed by atoms with Crippen LogP contribution in [0.5, 0.6) is 0 Å². The molecule has 0 heterocycles. The van der Waals surface area contributed by atoms with Crippen LogP contribution in [0.4, 0.5) is 26.3 Å². The third kappa shape index (κ3) is 15.3. The first-order valence-corrected chi connectivity index (χ1v) is 5.71. The molecule has 0 aliphatic heterocycles. The quantitative estimate of drug-likeness (QED) is 0.266. The Kier molecular flexibility index (Phi) is 14.3. The molecule has 0 rings (SSSR count). The van der Waals surface area contributed by atoms with Crippen molar-refractivity contribution in [2.75, 3.05) is 0 Å². The largest absolute Gasteiger partial charge is 1.00 e. The van der Waals surface area contributed by atoms with Crippen LogP contribution in [-0.4, -0.2) is 12.3 Å². The predicted molar refractivity (Wildman–Crippen MR) is 53.3 cm³/mol. The van der Waals surface area contributed by atoms with E-state index >= 15 is 0 Å². The van der Waals surface area contributed by atoms with E-state index in [0.717, 1.165) is 0 Å². The van der Waals surface area contributed by atoms with Gasteiger partial charge in [-0.05, 0) is 12.8 Å². The zero-order chi connectivity index (χ0) is 13.3. The third-order valence-electron chi connectivity index (χ3n) is 2.40. The molecule has 0 nitrogen and oxygen atoms in total. The molecule has 0 aromatic heterocycles. The maximum absolute atomic E-state index is 12.4. The zero-order valence-corrected chi connectivity index (χ0v) is 13.6. The van der Waals surface area contributed by atoms with E-state index in [9.17, 15) is 26.3 Å². The SMILES string of the molecule is F[C-](F)C(F)CCCCCCCCC(F)(F)F.[K+]. The molecule has 0 saturated carbocycles. The summed E-state index contributed by atoms with van der Waals surface area (Å²) < 4.78 is 70.9. The molecule has 0 amide bonds. The summed E-state index contributed by atoms with van der Waals surface area (Å²) in [5.74, 6) is 0. The van der Waals surface area contributed by atoms with Crippen molar-refractivity contribution < 1.29 is 77.7 Å². The molecule has 0 fully saturated rings. The summed E-state index contributed by atoms with van der Waals surface area (Å²) in [4.78, 5) is 0. The second-order valence-electron chi connectivity index (χ2n) is 4.03. The van der Waals surface area contributed by atoms with Gasteiger partial charge >= 0.3 is 57.6 Å². The molecule has 0 N–H and O–H groups in total. The van der Waals surface area contributed by atoms with Gasteiger partial charge in [0.05, 0.1) is 0 Å². The van der Waals surface area contributed by atoms with Crippen LogP contribution in [0.25, 0.3) is 0 Å². The summed E-state index contributed by atoms with van der Waals surface area (Å²) in [5.41, 5.74) is 0. The van der Waals surface area contributed by atoms with Crippen LogP contribution in [-0.2, 0) is 0 Å². The number of alkyl halides is 4. The van der Waals surface area contributed by atoms with Crippen molar-refractivity contribution >= 4 is 0 Å². The Morgan fingerprint density at radius 3 is 1.72 bits per heavy atom. The van der Waals surface area contributed by atoms with Crippen LogP contribution in [0.1, 0.15) is 51.4 Å². The molecule has 0 aromatic rings. The second-order valence-corrected chi connectivity index (χ2v) is 4.03. The van der Waals surface area contributed by atoms with Crippen LogP contribution in [0, 0.1) is 6.43 Å². The predicted octanol–water partition coefficient (Wildman–Crippen LogP) is 2.44. The van der Waals surface area contributed by atoms with Gasteiger partial charge in [0, 0.05) is 19.0 Å². The van der Waals surface area contributed by atoms with Gasteiger partial charge in [0.2, 0.25) is 0 Å². The molecular formula is C11H17F6K. The molecular weight excluding hydrogens is 285 g/mol. The van der Waals surface area contributed by atoms with E-state index in [1.165, 1.54) is 0 Å². The van der Waals surface area contributed by atoms with Gasteiger partial charge < -0.3 is 8.78 Å². The summed E-state index contributed by atoms with van der Waals surface area (Å²) in [6.07, 6.45) is -6.63. The molecule has 104 valence electrons. The molecule has 1 unspecified atom stereocenters. The van der Waals surface area contributed by atoms with Gasteiger partial charge in [-0.1, -0.05) is 32.1 Å². The fourth-order valence-electron chi connectivity index (χ4n) is 1.47. The smallest absolute Gasteiger partial charge is 0.418 e. The minimum atomic E-state index is -4.10. The number of hydrogen-bond donors (Lipinski definition) is 0. The van der Waals surface area contributed by atoms with E-state index in [0.29, 0.717) is 32.1 Å². The normalized spacial score (nSPS) is 13.5. The molecule has 7 heteroatoms. The Morgan fingerprint density at radius 2 is 1.28 bits per heavy atom. The van der Waals surface area contributed by atoms with Gasteiger partial charge in [-0.25, -0.2) is 0 Å². The number of rotatable bonds is 9. The standard InChI is InChI=1S/C11H17F6.K/c12-9(10(13)14)7-5-3-1-2-4-6-8-11(15,16)17;/h9H,1-8H2;/q-1;+1. The Hall–Kier alpha value is 1.22. The van der Waals surface area contributed by atoms with Crippen molar-refractivity contribution in [1.29, 1.82) is 0 Å². The van der Waals surface area contributed by atoms with E-state index in [2.05, 4.69) is 0 Å². The summed E-state index contributed by atoms with van der Waals surface area (Å²) in [7, 11) is 0. The zero-order valence-electron chi connectivity index (χ0n) is 10.5. The average Bonchev–Trinajstić information content (AvgIpc) is 2.19. The molecule has 0 bridgehead atoms. The molecule has 0 aliphatic rings. The van der Waals surface area contributed by atoms with Crippen LogP contribution in [0.15, 0.2) is 0 Å². The number of hydrogen-bond acceptors (Lipinski definition) is 0. The molecule has 0 spiro atoms. The summed E-state index contributed by atoms with van der Waals surface area (Å²) >= 11 is 0. The van der Waals surface area contributed by atoms with E-state index in [1.807, 2.05) is 0 Å². The second kappa shape index (κ2) is 12.0. The van der Waals surface area contributed by atoms with E-state index in [-0.39, 0.29) is 64.2 Å². The molecule has 18 heavy (non-hydrogen) atoms. The maximum atomic E-state index is 12.4. The van der Waals surface area contributed by atoms with Gasteiger partial charge in [-0.3, -0.25) is 4.39 Å². The van der Waals surface area contributed by atoms with Crippen molar-refractivity contribution in [3.63, 3.8) is 0 Å². The van der Waals surface area contributed by atoms with E-state index in [4.69, 9.17) is 0 Å². The van der Waals surface area contributed by atoms with Crippen molar-refractivity contribution in [1.82, 2.24) is 0 Å². The van der Waals surface area contributed by atoms with E-state index in [1.54, 1.807) is 0 Å². The molecule has 1 atom stereocenters. The first-order chi connectivity index (χ1) is 7.83. The Morgan fingerprint density at radius 1 is 0.833 bits per heavy atom. The van der Waals surface area contributed by atoms with Crippen LogP contribution in [0.2, 0.25) is 0 Å². The molecule has 0 radical (unpaired) electrons. The third-order valence-corrected chi connectivity index (χ3v) is 2.40. The molecule has 0 saturated heterocycles. The fourth-order valence-corrected chi connectivity index (χ4v) is 1.47. The number of unbranched alkanes of at least 4 members (excludes halogenated alkanes) is 5. The van der Waals surface area contributed by atoms with E-state index < -0.39 is 25.2 Å². The monoisotopic (exact) mass is 302 g/mol. The minimum absolute atomic E-state index is 0. The maximum Gasteiger partial charge on any atom is 1.00 e. The first-order valence-electron chi connectivity index (χ1n) is 5.71. The first kappa shape index (κ1) is 21.5. The van der Waals surface area contributed by atoms with Crippen LogP contribution in [0.3, 0.4) is 0 Å². The van der Waals surface area contributed by atoms with Crippen molar-refractivity contribution in [2.45, 2.75) is 63.7 Å².